The van der Waals surface area contributed by atoms with Crippen LogP contribution in [-0.4, -0.2) is 22.6 Å². The van der Waals surface area contributed by atoms with Crippen molar-refractivity contribution in [3.8, 4) is 0 Å². The van der Waals surface area contributed by atoms with E-state index in [0.717, 1.165) is 18.3 Å². The first-order valence-electron chi connectivity index (χ1n) is 4.62. The van der Waals surface area contributed by atoms with Crippen molar-refractivity contribution in [1.29, 1.82) is 0 Å². The Bertz CT molecular complexity index is 258. The summed E-state index contributed by atoms with van der Waals surface area (Å²) in [6.45, 7) is 0.795. The molecular formula is C9H14N4. The van der Waals surface area contributed by atoms with Gasteiger partial charge >= 0.3 is 0 Å². The van der Waals surface area contributed by atoms with Gasteiger partial charge < -0.3 is 11.1 Å². The van der Waals surface area contributed by atoms with Crippen LogP contribution in [0.25, 0.3) is 0 Å². The standard InChI is InChI=1S/C9H14N4/c10-8(7-1-2-7)5-13-9-6-11-3-4-12-9/h3-4,6-8H,1-2,5,10H2,(H,12,13). The van der Waals surface area contributed by atoms with E-state index in [1.54, 1.807) is 18.6 Å². The number of hydrogen-bond acceptors (Lipinski definition) is 4. The molecule has 0 aromatic carbocycles. The van der Waals surface area contributed by atoms with E-state index in [2.05, 4.69) is 15.3 Å². The number of rotatable bonds is 4. The maximum absolute atomic E-state index is 5.92. The predicted octanol–water partition coefficient (Wildman–Crippen LogP) is 0.626. The van der Waals surface area contributed by atoms with Gasteiger partial charge in [0.15, 0.2) is 0 Å². The first-order valence-corrected chi connectivity index (χ1v) is 4.62. The molecule has 3 N–H and O–H groups in total. The van der Waals surface area contributed by atoms with E-state index in [1.165, 1.54) is 12.8 Å². The van der Waals surface area contributed by atoms with Gasteiger partial charge in [0.05, 0.1) is 6.20 Å². The molecular weight excluding hydrogens is 164 g/mol. The number of nitrogens with two attached hydrogens (primary N) is 1. The highest BCUT2D eigenvalue weighted by molar-refractivity contribution is 5.30. The summed E-state index contributed by atoms with van der Waals surface area (Å²) in [6.07, 6.45) is 7.60. The lowest BCUT2D eigenvalue weighted by molar-refractivity contribution is 0.620. The van der Waals surface area contributed by atoms with Gasteiger partial charge in [0.1, 0.15) is 5.82 Å². The zero-order valence-electron chi connectivity index (χ0n) is 7.48. The molecule has 1 saturated carbocycles. The Kier molecular flexibility index (Phi) is 2.40. The van der Waals surface area contributed by atoms with Crippen molar-refractivity contribution in [2.75, 3.05) is 11.9 Å². The lowest BCUT2D eigenvalue weighted by atomic mass is 10.2. The van der Waals surface area contributed by atoms with Gasteiger partial charge in [-0.1, -0.05) is 0 Å². The normalized spacial score (nSPS) is 18.2. The zero-order valence-corrected chi connectivity index (χ0v) is 7.48. The molecule has 0 spiro atoms. The minimum Gasteiger partial charge on any atom is -0.367 e. The Morgan fingerprint density at radius 3 is 3.00 bits per heavy atom. The summed E-state index contributed by atoms with van der Waals surface area (Å²) < 4.78 is 0. The van der Waals surface area contributed by atoms with Crippen LogP contribution in [0.2, 0.25) is 0 Å². The quantitative estimate of drug-likeness (QED) is 0.709. The van der Waals surface area contributed by atoms with Crippen molar-refractivity contribution in [3.05, 3.63) is 18.6 Å². The number of nitrogens with zero attached hydrogens (tertiary/aromatic N) is 2. The maximum atomic E-state index is 5.92. The minimum atomic E-state index is 0.266. The third-order valence-electron chi connectivity index (χ3n) is 2.31. The van der Waals surface area contributed by atoms with Crippen LogP contribution in [0.15, 0.2) is 18.6 Å². The Hall–Kier alpha value is -1.16. The second-order valence-electron chi connectivity index (χ2n) is 3.47. The SMILES string of the molecule is NC(CNc1cnccn1)C1CC1. The molecule has 0 radical (unpaired) electrons. The average Bonchev–Trinajstić information content (AvgIpc) is 2.99. The van der Waals surface area contributed by atoms with E-state index in [-0.39, 0.29) is 6.04 Å². The fourth-order valence-corrected chi connectivity index (χ4v) is 1.30. The van der Waals surface area contributed by atoms with E-state index in [0.29, 0.717) is 0 Å². The van der Waals surface area contributed by atoms with Crippen LogP contribution in [0, 0.1) is 5.92 Å². The summed E-state index contributed by atoms with van der Waals surface area (Å²) in [5.74, 6) is 1.53. The third kappa shape index (κ3) is 2.39. The first kappa shape index (κ1) is 8.44. The molecule has 13 heavy (non-hydrogen) atoms. The second-order valence-corrected chi connectivity index (χ2v) is 3.47. The van der Waals surface area contributed by atoms with Crippen molar-refractivity contribution in [2.45, 2.75) is 18.9 Å². The van der Waals surface area contributed by atoms with Gasteiger partial charge in [-0.3, -0.25) is 4.98 Å². The van der Waals surface area contributed by atoms with Gasteiger partial charge in [-0.25, -0.2) is 4.98 Å². The zero-order chi connectivity index (χ0) is 9.10. The summed E-state index contributed by atoms with van der Waals surface area (Å²) in [5.41, 5.74) is 5.92. The Labute approximate surface area is 77.6 Å². The highest BCUT2D eigenvalue weighted by atomic mass is 15.0. The van der Waals surface area contributed by atoms with Crippen LogP contribution in [0.4, 0.5) is 5.82 Å². The monoisotopic (exact) mass is 178 g/mol. The highest BCUT2D eigenvalue weighted by Crippen LogP contribution is 2.31. The van der Waals surface area contributed by atoms with Gasteiger partial charge in [0.2, 0.25) is 0 Å². The number of anilines is 1. The molecule has 0 bridgehead atoms. The molecule has 1 atom stereocenters. The Balaban J connectivity index is 1.78. The molecule has 4 heteroatoms. The van der Waals surface area contributed by atoms with Crippen molar-refractivity contribution < 1.29 is 0 Å². The molecule has 0 aliphatic heterocycles. The number of aromatic nitrogens is 2. The van der Waals surface area contributed by atoms with E-state index >= 15 is 0 Å². The number of hydrogen-bond donors (Lipinski definition) is 2. The Morgan fingerprint density at radius 1 is 1.54 bits per heavy atom. The fourth-order valence-electron chi connectivity index (χ4n) is 1.30. The summed E-state index contributed by atoms with van der Waals surface area (Å²) in [4.78, 5) is 8.06. The van der Waals surface area contributed by atoms with E-state index in [4.69, 9.17) is 5.73 Å². The first-order chi connectivity index (χ1) is 6.36. The summed E-state index contributed by atoms with van der Waals surface area (Å²) in [7, 11) is 0. The van der Waals surface area contributed by atoms with Crippen LogP contribution in [0.5, 0.6) is 0 Å². The molecule has 70 valence electrons. The fraction of sp³-hybridized carbons (Fsp3) is 0.556. The van der Waals surface area contributed by atoms with Crippen molar-refractivity contribution in [2.24, 2.45) is 11.7 Å². The molecule has 1 heterocycles. The van der Waals surface area contributed by atoms with Crippen LogP contribution in [0.1, 0.15) is 12.8 Å². The van der Waals surface area contributed by atoms with Crippen molar-refractivity contribution >= 4 is 5.82 Å². The van der Waals surface area contributed by atoms with Crippen LogP contribution >= 0.6 is 0 Å². The van der Waals surface area contributed by atoms with Gasteiger partial charge in [-0.2, -0.15) is 0 Å². The van der Waals surface area contributed by atoms with Crippen LogP contribution in [0.3, 0.4) is 0 Å². The third-order valence-corrected chi connectivity index (χ3v) is 2.31. The largest absolute Gasteiger partial charge is 0.367 e. The molecule has 1 aromatic rings. The summed E-state index contributed by atoms with van der Waals surface area (Å²) in [6, 6.07) is 0.266. The van der Waals surface area contributed by atoms with E-state index in [9.17, 15) is 0 Å². The molecule has 1 fully saturated rings. The molecule has 0 saturated heterocycles. The smallest absolute Gasteiger partial charge is 0.144 e. The molecule has 2 rings (SSSR count). The number of nitrogens with one attached hydrogen (secondary N) is 1. The maximum Gasteiger partial charge on any atom is 0.144 e. The van der Waals surface area contributed by atoms with Gasteiger partial charge in [-0.15, -0.1) is 0 Å². The van der Waals surface area contributed by atoms with E-state index in [1.807, 2.05) is 0 Å². The molecule has 1 aliphatic rings. The predicted molar refractivity (Wildman–Crippen MR) is 51.2 cm³/mol. The topological polar surface area (TPSA) is 63.8 Å². The summed E-state index contributed by atoms with van der Waals surface area (Å²) >= 11 is 0. The van der Waals surface area contributed by atoms with Crippen LogP contribution in [-0.2, 0) is 0 Å². The minimum absolute atomic E-state index is 0.266. The lowest BCUT2D eigenvalue weighted by Gasteiger charge is -2.11. The molecule has 1 unspecified atom stereocenters. The average molecular weight is 178 g/mol. The lowest BCUT2D eigenvalue weighted by Crippen LogP contribution is -2.31. The van der Waals surface area contributed by atoms with Gasteiger partial charge in [-0.05, 0) is 18.8 Å². The van der Waals surface area contributed by atoms with Gasteiger partial charge in [0.25, 0.3) is 0 Å². The van der Waals surface area contributed by atoms with Gasteiger partial charge in [0, 0.05) is 25.0 Å². The van der Waals surface area contributed by atoms with Crippen molar-refractivity contribution in [3.63, 3.8) is 0 Å². The molecule has 1 aliphatic carbocycles. The highest BCUT2D eigenvalue weighted by Gasteiger charge is 2.27. The van der Waals surface area contributed by atoms with Crippen molar-refractivity contribution in [1.82, 2.24) is 9.97 Å². The molecule has 1 aromatic heterocycles. The van der Waals surface area contributed by atoms with Crippen LogP contribution < -0.4 is 11.1 Å². The molecule has 0 amide bonds. The summed E-state index contributed by atoms with van der Waals surface area (Å²) in [5, 5.41) is 3.17. The second kappa shape index (κ2) is 3.70. The Morgan fingerprint density at radius 2 is 2.38 bits per heavy atom. The van der Waals surface area contributed by atoms with E-state index < -0.39 is 0 Å². The molecule has 4 nitrogen and oxygen atoms in total.